The molecule has 9 nitrogen and oxygen atoms in total. The molecule has 0 radical (unpaired) electrons. The molecule has 0 bridgehead atoms. The van der Waals surface area contributed by atoms with Crippen LogP contribution >= 0.6 is 0 Å². The van der Waals surface area contributed by atoms with Gasteiger partial charge in [-0.1, -0.05) is 31.1 Å². The highest BCUT2D eigenvalue weighted by Crippen LogP contribution is 2.25. The molecule has 2 N–H and O–H groups in total. The van der Waals surface area contributed by atoms with E-state index in [4.69, 9.17) is 4.74 Å². The number of hydrogen-bond donors (Lipinski definition) is 2. The normalized spacial score (nSPS) is 23.0. The van der Waals surface area contributed by atoms with E-state index in [2.05, 4.69) is 10.9 Å². The van der Waals surface area contributed by atoms with E-state index in [0.717, 1.165) is 31.8 Å². The minimum Gasteiger partial charge on any atom is -0.479 e. The zero-order valence-electron chi connectivity index (χ0n) is 17.9. The molecule has 33 heavy (non-hydrogen) atoms. The number of ketones is 1. The smallest absolute Gasteiger partial charge is 0.304 e. The molecule has 0 aromatic heterocycles. The number of hydrazine groups is 1. The van der Waals surface area contributed by atoms with E-state index in [0.29, 0.717) is 13.1 Å². The Morgan fingerprint density at radius 3 is 2.24 bits per heavy atom. The number of fused-ring (bicyclic) bond motifs is 1. The molecule has 174 valence electrons. The topological polar surface area (TPSA) is 122 Å². The first-order valence-corrected chi connectivity index (χ1v) is 12.3. The molecule has 2 heterocycles. The molecule has 0 spiro atoms. The average Bonchev–Trinajstić information content (AvgIpc) is 3.13. The Hall–Kier alpha value is -3.24. The van der Waals surface area contributed by atoms with Crippen molar-refractivity contribution in [3.05, 3.63) is 66.0 Å². The van der Waals surface area contributed by atoms with Gasteiger partial charge in [0.25, 0.3) is 5.91 Å². The van der Waals surface area contributed by atoms with Gasteiger partial charge in [-0.25, -0.2) is 8.42 Å². The van der Waals surface area contributed by atoms with Gasteiger partial charge in [-0.15, -0.1) is 0 Å². The van der Waals surface area contributed by atoms with Crippen LogP contribution in [0.15, 0.2) is 65.3 Å². The fourth-order valence-corrected chi connectivity index (χ4v) is 5.45. The Bertz CT molecular complexity index is 1130. The van der Waals surface area contributed by atoms with Gasteiger partial charge in [0.2, 0.25) is 10.0 Å². The predicted molar refractivity (Wildman–Crippen MR) is 119 cm³/mol. The van der Waals surface area contributed by atoms with E-state index in [1.165, 1.54) is 28.6 Å². The monoisotopic (exact) mass is 471 g/mol. The summed E-state index contributed by atoms with van der Waals surface area (Å²) in [6, 6.07) is 5.53. The van der Waals surface area contributed by atoms with E-state index in [9.17, 15) is 22.8 Å². The molecule has 10 heteroatoms. The molecule has 1 saturated heterocycles. The van der Waals surface area contributed by atoms with E-state index >= 15 is 0 Å². The van der Waals surface area contributed by atoms with Gasteiger partial charge in [0.05, 0.1) is 10.8 Å². The number of carbonyl (C=O) groups is 3. The SMILES string of the molecule is O=C(NNC(=O)c1ccc(S(=O)(=O)N2CCCCCC2)cc1)C1=CC(=O)[C@@H]2C=CC=C[C@H]2O1. The highest BCUT2D eigenvalue weighted by molar-refractivity contribution is 7.89. The van der Waals surface area contributed by atoms with E-state index in [1.54, 1.807) is 24.3 Å². The first kappa shape index (κ1) is 22.9. The maximum atomic E-state index is 12.8. The molecular formula is C23H25N3O6S. The lowest BCUT2D eigenvalue weighted by atomic mass is 9.91. The van der Waals surface area contributed by atoms with Crippen LogP contribution in [-0.4, -0.2) is 49.5 Å². The summed E-state index contributed by atoms with van der Waals surface area (Å²) < 4.78 is 32.7. The van der Waals surface area contributed by atoms with Crippen LogP contribution in [0.3, 0.4) is 0 Å². The van der Waals surface area contributed by atoms with Gasteiger partial charge >= 0.3 is 5.91 Å². The second-order valence-corrected chi connectivity index (χ2v) is 9.98. The standard InChI is InChI=1S/C23H25N3O6S/c27-19-15-21(32-20-8-4-3-7-18(19)20)23(29)25-24-22(28)16-9-11-17(12-10-16)33(30,31)26-13-5-1-2-6-14-26/h3-4,7-12,15,18,20H,1-2,5-6,13-14H2,(H,24,28)(H,25,29)/t18-,20+/m0/s1. The summed E-state index contributed by atoms with van der Waals surface area (Å²) in [6.07, 6.45) is 11.1. The highest BCUT2D eigenvalue weighted by Gasteiger charge is 2.33. The fraction of sp³-hybridized carbons (Fsp3) is 0.348. The number of ether oxygens (including phenoxy) is 1. The van der Waals surface area contributed by atoms with Crippen molar-refractivity contribution in [3.8, 4) is 0 Å². The van der Waals surface area contributed by atoms with Gasteiger partial charge in [0.1, 0.15) is 6.10 Å². The molecule has 2 aliphatic heterocycles. The van der Waals surface area contributed by atoms with Crippen LogP contribution in [0.2, 0.25) is 0 Å². The third-order valence-corrected chi connectivity index (χ3v) is 7.69. The van der Waals surface area contributed by atoms with Gasteiger partial charge in [-0.2, -0.15) is 4.31 Å². The first-order chi connectivity index (χ1) is 15.9. The molecule has 1 aromatic rings. The summed E-state index contributed by atoms with van der Waals surface area (Å²) in [6.45, 7) is 0.982. The fourth-order valence-electron chi connectivity index (χ4n) is 3.94. The lowest BCUT2D eigenvalue weighted by Crippen LogP contribution is -2.45. The zero-order chi connectivity index (χ0) is 23.4. The number of allylic oxidation sites excluding steroid dienone is 3. The van der Waals surface area contributed by atoms with Gasteiger partial charge in [0, 0.05) is 24.7 Å². The minimum atomic E-state index is -3.62. The van der Waals surface area contributed by atoms with Crippen molar-refractivity contribution in [3.63, 3.8) is 0 Å². The van der Waals surface area contributed by atoms with Crippen molar-refractivity contribution in [2.24, 2.45) is 5.92 Å². The summed E-state index contributed by atoms with van der Waals surface area (Å²) in [5, 5.41) is 0. The number of amides is 2. The molecule has 2 atom stereocenters. The van der Waals surface area contributed by atoms with Crippen LogP contribution < -0.4 is 10.9 Å². The van der Waals surface area contributed by atoms with Crippen molar-refractivity contribution in [2.45, 2.75) is 36.7 Å². The van der Waals surface area contributed by atoms with Crippen molar-refractivity contribution in [1.82, 2.24) is 15.2 Å². The molecular weight excluding hydrogens is 446 g/mol. The van der Waals surface area contributed by atoms with Gasteiger partial charge in [-0.3, -0.25) is 25.2 Å². The van der Waals surface area contributed by atoms with E-state index in [-0.39, 0.29) is 22.0 Å². The van der Waals surface area contributed by atoms with E-state index in [1.807, 2.05) is 0 Å². The molecule has 1 fully saturated rings. The van der Waals surface area contributed by atoms with Gasteiger partial charge in [0.15, 0.2) is 11.5 Å². The van der Waals surface area contributed by atoms with Crippen molar-refractivity contribution in [2.75, 3.05) is 13.1 Å². The molecule has 3 aliphatic rings. The first-order valence-electron chi connectivity index (χ1n) is 10.8. The van der Waals surface area contributed by atoms with Crippen LogP contribution in [0.1, 0.15) is 36.0 Å². The Balaban J connectivity index is 1.36. The quantitative estimate of drug-likeness (QED) is 0.644. The largest absolute Gasteiger partial charge is 0.479 e. The summed E-state index contributed by atoms with van der Waals surface area (Å²) in [7, 11) is -3.62. The number of hydrogen-bond acceptors (Lipinski definition) is 6. The number of nitrogens with one attached hydrogen (secondary N) is 2. The Labute approximate surface area is 192 Å². The number of benzene rings is 1. The molecule has 1 aromatic carbocycles. The lowest BCUT2D eigenvalue weighted by molar-refractivity contribution is -0.128. The maximum Gasteiger partial charge on any atom is 0.304 e. The van der Waals surface area contributed by atoms with Crippen molar-refractivity contribution < 1.29 is 27.5 Å². The zero-order valence-corrected chi connectivity index (χ0v) is 18.7. The Morgan fingerprint density at radius 1 is 0.909 bits per heavy atom. The predicted octanol–water partition coefficient (Wildman–Crippen LogP) is 1.61. The second-order valence-electron chi connectivity index (χ2n) is 8.04. The van der Waals surface area contributed by atoms with Gasteiger partial charge in [-0.05, 0) is 43.2 Å². The summed E-state index contributed by atoms with van der Waals surface area (Å²) >= 11 is 0. The third-order valence-electron chi connectivity index (χ3n) is 5.78. The summed E-state index contributed by atoms with van der Waals surface area (Å²) in [5.41, 5.74) is 4.63. The van der Waals surface area contributed by atoms with Crippen LogP contribution in [0, 0.1) is 5.92 Å². The van der Waals surface area contributed by atoms with E-state index < -0.39 is 33.9 Å². The molecule has 1 aliphatic carbocycles. The number of carbonyl (C=O) groups excluding carboxylic acids is 3. The Morgan fingerprint density at radius 2 is 1.55 bits per heavy atom. The van der Waals surface area contributed by atoms with Crippen molar-refractivity contribution in [1.29, 1.82) is 0 Å². The van der Waals surface area contributed by atoms with Crippen LogP contribution in [0.25, 0.3) is 0 Å². The summed E-state index contributed by atoms with van der Waals surface area (Å²) in [5.74, 6) is -2.32. The average molecular weight is 472 g/mol. The minimum absolute atomic E-state index is 0.119. The Kier molecular flexibility index (Phi) is 6.75. The van der Waals surface area contributed by atoms with Crippen molar-refractivity contribution >= 4 is 27.6 Å². The second kappa shape index (κ2) is 9.72. The third kappa shape index (κ3) is 5.07. The maximum absolute atomic E-state index is 12.8. The molecule has 0 unspecified atom stereocenters. The number of sulfonamides is 1. The molecule has 2 amide bonds. The number of nitrogens with zero attached hydrogens (tertiary/aromatic N) is 1. The lowest BCUT2D eigenvalue weighted by Gasteiger charge is -2.28. The molecule has 0 saturated carbocycles. The highest BCUT2D eigenvalue weighted by atomic mass is 32.2. The molecule has 4 rings (SSSR count). The van der Waals surface area contributed by atoms with Gasteiger partial charge < -0.3 is 4.74 Å². The van der Waals surface area contributed by atoms with Crippen LogP contribution in [0.5, 0.6) is 0 Å². The number of rotatable bonds is 4. The van der Waals surface area contributed by atoms with Crippen LogP contribution in [0.4, 0.5) is 0 Å². The van der Waals surface area contributed by atoms with Crippen LogP contribution in [-0.2, 0) is 24.3 Å². The summed E-state index contributed by atoms with van der Waals surface area (Å²) in [4.78, 5) is 37.1.